The zero-order valence-corrected chi connectivity index (χ0v) is 7.86. The summed E-state index contributed by atoms with van der Waals surface area (Å²) in [4.78, 5) is 13.1. The fourth-order valence-corrected chi connectivity index (χ4v) is 1.55. The Hall–Kier alpha value is -1.71. The number of amides is 1. The van der Waals surface area contributed by atoms with Gasteiger partial charge in [-0.15, -0.1) is 0 Å². The van der Waals surface area contributed by atoms with Gasteiger partial charge in [-0.25, -0.2) is 0 Å². The molecule has 4 N–H and O–H groups in total. The molecule has 4 nitrogen and oxygen atoms in total. The monoisotopic (exact) mass is 191 g/mol. The molecule has 1 heterocycles. The smallest absolute Gasteiger partial charge is 0.250 e. The van der Waals surface area contributed by atoms with E-state index in [4.69, 9.17) is 11.5 Å². The summed E-state index contributed by atoms with van der Waals surface area (Å²) < 4.78 is 0. The summed E-state index contributed by atoms with van der Waals surface area (Å²) in [5.41, 5.74) is 12.8. The second-order valence-corrected chi connectivity index (χ2v) is 3.48. The molecule has 1 amide bonds. The Morgan fingerprint density at radius 1 is 1.36 bits per heavy atom. The van der Waals surface area contributed by atoms with E-state index in [1.54, 1.807) is 12.1 Å². The number of hydrogen-bond acceptors (Lipinski definition) is 3. The van der Waals surface area contributed by atoms with Gasteiger partial charge in [0.05, 0.1) is 5.56 Å². The predicted octanol–water partition coefficient (Wildman–Crippen LogP) is 0.578. The first-order valence-corrected chi connectivity index (χ1v) is 4.63. The molecule has 0 unspecified atom stereocenters. The summed E-state index contributed by atoms with van der Waals surface area (Å²) >= 11 is 0. The van der Waals surface area contributed by atoms with Gasteiger partial charge in [0.2, 0.25) is 0 Å². The number of carbonyl (C=O) groups is 1. The number of nitrogens with zero attached hydrogens (tertiary/aromatic N) is 1. The Bertz CT molecular complexity index is 372. The van der Waals surface area contributed by atoms with Gasteiger partial charge >= 0.3 is 0 Å². The number of anilines is 2. The third-order valence-electron chi connectivity index (χ3n) is 2.52. The molecule has 0 aliphatic carbocycles. The van der Waals surface area contributed by atoms with E-state index in [0.29, 0.717) is 11.3 Å². The average molecular weight is 191 g/mol. The standard InChI is InChI=1S/C10H13N3O/c11-9-6-7(13-4-1-5-13)2-3-8(9)10(12)14/h2-3,6H,1,4-5,11H2,(H2,12,14). The van der Waals surface area contributed by atoms with Gasteiger partial charge < -0.3 is 16.4 Å². The largest absolute Gasteiger partial charge is 0.398 e. The number of rotatable bonds is 2. The molecule has 1 saturated heterocycles. The summed E-state index contributed by atoms with van der Waals surface area (Å²) in [7, 11) is 0. The normalized spacial score (nSPS) is 15.0. The van der Waals surface area contributed by atoms with Gasteiger partial charge in [-0.1, -0.05) is 0 Å². The fourth-order valence-electron chi connectivity index (χ4n) is 1.55. The summed E-state index contributed by atoms with van der Waals surface area (Å²) in [6.45, 7) is 2.13. The van der Waals surface area contributed by atoms with E-state index in [1.807, 2.05) is 6.07 Å². The molecule has 0 saturated carbocycles. The molecule has 1 aliphatic rings. The Labute approximate surface area is 82.5 Å². The Balaban J connectivity index is 2.30. The van der Waals surface area contributed by atoms with Crippen LogP contribution in [0.2, 0.25) is 0 Å². The molecule has 1 aromatic carbocycles. The van der Waals surface area contributed by atoms with Crippen LogP contribution < -0.4 is 16.4 Å². The van der Waals surface area contributed by atoms with Gasteiger partial charge in [-0.05, 0) is 24.6 Å². The van der Waals surface area contributed by atoms with Crippen LogP contribution in [0.25, 0.3) is 0 Å². The van der Waals surface area contributed by atoms with Crippen molar-refractivity contribution in [2.75, 3.05) is 23.7 Å². The number of primary amides is 1. The van der Waals surface area contributed by atoms with Crippen LogP contribution in [0.1, 0.15) is 16.8 Å². The van der Waals surface area contributed by atoms with Crippen LogP contribution in [0.4, 0.5) is 11.4 Å². The van der Waals surface area contributed by atoms with Crippen molar-refractivity contribution >= 4 is 17.3 Å². The minimum Gasteiger partial charge on any atom is -0.398 e. The molecule has 4 heteroatoms. The minimum atomic E-state index is -0.474. The maximum absolute atomic E-state index is 10.9. The van der Waals surface area contributed by atoms with Crippen molar-refractivity contribution in [2.45, 2.75) is 6.42 Å². The topological polar surface area (TPSA) is 72.4 Å². The van der Waals surface area contributed by atoms with Gasteiger partial charge in [0.15, 0.2) is 0 Å². The van der Waals surface area contributed by atoms with Crippen LogP contribution in [0.15, 0.2) is 18.2 Å². The highest BCUT2D eigenvalue weighted by molar-refractivity contribution is 5.98. The first kappa shape index (κ1) is 8.87. The SMILES string of the molecule is NC(=O)c1ccc(N2CCC2)cc1N. The highest BCUT2D eigenvalue weighted by Crippen LogP contribution is 2.24. The Morgan fingerprint density at radius 2 is 2.07 bits per heavy atom. The van der Waals surface area contributed by atoms with Crippen LogP contribution >= 0.6 is 0 Å². The highest BCUT2D eigenvalue weighted by Gasteiger charge is 2.15. The lowest BCUT2D eigenvalue weighted by Gasteiger charge is -2.33. The molecule has 0 aromatic heterocycles. The van der Waals surface area contributed by atoms with Crippen LogP contribution in [-0.4, -0.2) is 19.0 Å². The molecule has 0 bridgehead atoms. The van der Waals surface area contributed by atoms with E-state index in [-0.39, 0.29) is 0 Å². The molecule has 1 fully saturated rings. The van der Waals surface area contributed by atoms with Gasteiger partial charge in [-0.3, -0.25) is 4.79 Å². The molecule has 2 rings (SSSR count). The number of benzene rings is 1. The molecular weight excluding hydrogens is 178 g/mol. The number of nitrogen functional groups attached to an aromatic ring is 1. The van der Waals surface area contributed by atoms with Crippen LogP contribution in [0, 0.1) is 0 Å². The number of nitrogens with two attached hydrogens (primary N) is 2. The third kappa shape index (κ3) is 1.39. The van der Waals surface area contributed by atoms with Crippen molar-refractivity contribution in [2.24, 2.45) is 5.73 Å². The van der Waals surface area contributed by atoms with Crippen molar-refractivity contribution in [3.05, 3.63) is 23.8 Å². The number of carbonyl (C=O) groups excluding carboxylic acids is 1. The van der Waals surface area contributed by atoms with Crippen molar-refractivity contribution in [3.8, 4) is 0 Å². The third-order valence-corrected chi connectivity index (χ3v) is 2.52. The predicted molar refractivity (Wildman–Crippen MR) is 56.2 cm³/mol. The van der Waals surface area contributed by atoms with Crippen LogP contribution in [0.5, 0.6) is 0 Å². The molecular formula is C10H13N3O. The van der Waals surface area contributed by atoms with Crippen molar-refractivity contribution in [1.29, 1.82) is 0 Å². The van der Waals surface area contributed by atoms with E-state index in [0.717, 1.165) is 18.8 Å². The zero-order valence-electron chi connectivity index (χ0n) is 7.86. The second-order valence-electron chi connectivity index (χ2n) is 3.48. The molecule has 1 aliphatic heterocycles. The second kappa shape index (κ2) is 3.21. The molecule has 0 radical (unpaired) electrons. The van der Waals surface area contributed by atoms with Gasteiger partial charge in [0.1, 0.15) is 0 Å². The van der Waals surface area contributed by atoms with Crippen LogP contribution in [0.3, 0.4) is 0 Å². The average Bonchev–Trinajstić information content (AvgIpc) is 2.00. The van der Waals surface area contributed by atoms with Crippen LogP contribution in [-0.2, 0) is 0 Å². The van der Waals surface area contributed by atoms with Crippen molar-refractivity contribution in [1.82, 2.24) is 0 Å². The van der Waals surface area contributed by atoms with E-state index in [9.17, 15) is 4.79 Å². The van der Waals surface area contributed by atoms with E-state index in [1.165, 1.54) is 6.42 Å². The lowest BCUT2D eigenvalue weighted by molar-refractivity contribution is 0.100. The van der Waals surface area contributed by atoms with Crippen molar-refractivity contribution < 1.29 is 4.79 Å². The Kier molecular flexibility index (Phi) is 2.04. The fraction of sp³-hybridized carbons (Fsp3) is 0.300. The van der Waals surface area contributed by atoms with Gasteiger partial charge in [0.25, 0.3) is 5.91 Å². The lowest BCUT2D eigenvalue weighted by Crippen LogP contribution is -2.37. The number of hydrogen-bond donors (Lipinski definition) is 2. The zero-order chi connectivity index (χ0) is 10.1. The van der Waals surface area contributed by atoms with Crippen molar-refractivity contribution in [3.63, 3.8) is 0 Å². The highest BCUT2D eigenvalue weighted by atomic mass is 16.1. The summed E-state index contributed by atoms with van der Waals surface area (Å²) in [5, 5.41) is 0. The molecule has 1 aromatic rings. The minimum absolute atomic E-state index is 0.397. The maximum Gasteiger partial charge on any atom is 0.250 e. The molecule has 0 spiro atoms. The lowest BCUT2D eigenvalue weighted by atomic mass is 10.1. The first-order chi connectivity index (χ1) is 6.68. The van der Waals surface area contributed by atoms with E-state index < -0.39 is 5.91 Å². The Morgan fingerprint density at radius 3 is 2.50 bits per heavy atom. The van der Waals surface area contributed by atoms with Gasteiger partial charge in [-0.2, -0.15) is 0 Å². The summed E-state index contributed by atoms with van der Waals surface area (Å²) in [6.07, 6.45) is 1.22. The molecule has 0 atom stereocenters. The molecule has 14 heavy (non-hydrogen) atoms. The first-order valence-electron chi connectivity index (χ1n) is 4.63. The maximum atomic E-state index is 10.9. The molecule has 74 valence electrons. The summed E-state index contributed by atoms with van der Waals surface area (Å²) in [6, 6.07) is 5.38. The quantitative estimate of drug-likeness (QED) is 0.671. The van der Waals surface area contributed by atoms with E-state index in [2.05, 4.69) is 4.90 Å². The summed E-state index contributed by atoms with van der Waals surface area (Å²) in [5.74, 6) is -0.474. The van der Waals surface area contributed by atoms with E-state index >= 15 is 0 Å². The van der Waals surface area contributed by atoms with Gasteiger partial charge in [0, 0.05) is 24.5 Å².